The molecule has 0 spiro atoms. The summed E-state index contributed by atoms with van der Waals surface area (Å²) in [6, 6.07) is 7.92. The highest BCUT2D eigenvalue weighted by molar-refractivity contribution is 7.98. The number of aliphatic hydroxyl groups excluding tert-OH is 1. The molecule has 2 amide bonds. The second-order valence-corrected chi connectivity index (χ2v) is 5.13. The number of amides is 2. The SMILES string of the molecule is CSc1ccccc1NC(=O)N(CCO)C1CC1. The summed E-state index contributed by atoms with van der Waals surface area (Å²) in [6.07, 6.45) is 4.06. The molecule has 1 aliphatic rings. The van der Waals surface area contributed by atoms with Crippen molar-refractivity contribution < 1.29 is 9.90 Å². The van der Waals surface area contributed by atoms with Crippen LogP contribution in [0.2, 0.25) is 0 Å². The number of nitrogens with one attached hydrogen (secondary N) is 1. The minimum absolute atomic E-state index is 0.00803. The van der Waals surface area contributed by atoms with Gasteiger partial charge in [0.15, 0.2) is 0 Å². The van der Waals surface area contributed by atoms with Crippen LogP contribution < -0.4 is 5.32 Å². The molecule has 0 aliphatic heterocycles. The van der Waals surface area contributed by atoms with Gasteiger partial charge in [0.05, 0.1) is 12.3 Å². The van der Waals surface area contributed by atoms with Gasteiger partial charge in [-0.15, -0.1) is 11.8 Å². The van der Waals surface area contributed by atoms with Crippen LogP contribution in [0.4, 0.5) is 10.5 Å². The molecule has 0 aromatic heterocycles. The van der Waals surface area contributed by atoms with E-state index in [0.29, 0.717) is 12.6 Å². The molecule has 0 unspecified atom stereocenters. The van der Waals surface area contributed by atoms with Gasteiger partial charge in [-0.3, -0.25) is 0 Å². The molecule has 1 fully saturated rings. The Morgan fingerprint density at radius 2 is 2.22 bits per heavy atom. The predicted octanol–water partition coefficient (Wildman–Crippen LogP) is 2.40. The molecule has 1 aliphatic carbocycles. The van der Waals surface area contributed by atoms with E-state index in [-0.39, 0.29) is 12.6 Å². The Labute approximate surface area is 111 Å². The zero-order valence-corrected chi connectivity index (χ0v) is 11.2. The Kier molecular flexibility index (Phi) is 4.49. The maximum atomic E-state index is 12.1. The van der Waals surface area contributed by atoms with Crippen molar-refractivity contribution in [3.8, 4) is 0 Å². The van der Waals surface area contributed by atoms with Crippen molar-refractivity contribution in [3.05, 3.63) is 24.3 Å². The van der Waals surface area contributed by atoms with Crippen molar-refractivity contribution in [2.45, 2.75) is 23.8 Å². The third kappa shape index (κ3) is 3.17. The number of hydrogen-bond donors (Lipinski definition) is 2. The molecule has 2 rings (SSSR count). The number of anilines is 1. The molecular weight excluding hydrogens is 248 g/mol. The number of benzene rings is 1. The summed E-state index contributed by atoms with van der Waals surface area (Å²) in [7, 11) is 0. The molecule has 0 bridgehead atoms. The Morgan fingerprint density at radius 3 is 2.83 bits per heavy atom. The number of carbonyl (C=O) groups is 1. The van der Waals surface area contributed by atoms with E-state index in [1.807, 2.05) is 30.5 Å². The Bertz CT molecular complexity index is 421. The number of para-hydroxylation sites is 1. The first kappa shape index (κ1) is 13.2. The normalized spacial score (nSPS) is 14.3. The zero-order valence-electron chi connectivity index (χ0n) is 10.4. The molecule has 5 heteroatoms. The van der Waals surface area contributed by atoms with Crippen LogP contribution in [-0.2, 0) is 0 Å². The summed E-state index contributed by atoms with van der Waals surface area (Å²) < 4.78 is 0. The lowest BCUT2D eigenvalue weighted by Crippen LogP contribution is -2.38. The summed E-state index contributed by atoms with van der Waals surface area (Å²) in [5.74, 6) is 0. The molecular formula is C13H18N2O2S. The van der Waals surface area contributed by atoms with Crippen LogP contribution in [0.1, 0.15) is 12.8 Å². The van der Waals surface area contributed by atoms with E-state index in [2.05, 4.69) is 5.32 Å². The van der Waals surface area contributed by atoms with Gasteiger partial charge in [-0.25, -0.2) is 4.79 Å². The van der Waals surface area contributed by atoms with E-state index in [1.165, 1.54) is 0 Å². The van der Waals surface area contributed by atoms with E-state index in [4.69, 9.17) is 5.11 Å². The summed E-state index contributed by atoms with van der Waals surface area (Å²) in [5, 5.41) is 11.9. The number of aliphatic hydroxyl groups is 1. The molecule has 18 heavy (non-hydrogen) atoms. The standard InChI is InChI=1S/C13H18N2O2S/c1-18-12-5-3-2-4-11(12)14-13(17)15(8-9-16)10-6-7-10/h2-5,10,16H,6-9H2,1H3,(H,14,17). The van der Waals surface area contributed by atoms with E-state index in [1.54, 1.807) is 16.7 Å². The fraction of sp³-hybridized carbons (Fsp3) is 0.462. The summed E-state index contributed by atoms with van der Waals surface area (Å²) >= 11 is 1.60. The topological polar surface area (TPSA) is 52.6 Å². The number of nitrogens with zero attached hydrogens (tertiary/aromatic N) is 1. The van der Waals surface area contributed by atoms with Crippen LogP contribution in [-0.4, -0.2) is 41.5 Å². The first-order chi connectivity index (χ1) is 8.76. The fourth-order valence-electron chi connectivity index (χ4n) is 1.88. The van der Waals surface area contributed by atoms with Gasteiger partial charge in [0.1, 0.15) is 0 Å². The van der Waals surface area contributed by atoms with Crippen molar-refractivity contribution in [2.75, 3.05) is 24.7 Å². The molecule has 1 aromatic rings. The molecule has 4 nitrogen and oxygen atoms in total. The maximum Gasteiger partial charge on any atom is 0.322 e. The Balaban J connectivity index is 2.04. The molecule has 0 heterocycles. The first-order valence-electron chi connectivity index (χ1n) is 6.07. The van der Waals surface area contributed by atoms with E-state index < -0.39 is 0 Å². The van der Waals surface area contributed by atoms with Crippen LogP contribution in [0.15, 0.2) is 29.2 Å². The van der Waals surface area contributed by atoms with Crippen LogP contribution >= 0.6 is 11.8 Å². The summed E-state index contributed by atoms with van der Waals surface area (Å²) in [6.45, 7) is 0.409. The monoisotopic (exact) mass is 266 g/mol. The highest BCUT2D eigenvalue weighted by Gasteiger charge is 2.32. The third-order valence-electron chi connectivity index (χ3n) is 2.94. The molecule has 2 N–H and O–H groups in total. The number of urea groups is 1. The predicted molar refractivity (Wildman–Crippen MR) is 74.1 cm³/mol. The molecule has 1 saturated carbocycles. The highest BCUT2D eigenvalue weighted by atomic mass is 32.2. The van der Waals surface area contributed by atoms with Crippen LogP contribution in [0.5, 0.6) is 0 Å². The Hall–Kier alpha value is -1.20. The molecule has 0 saturated heterocycles. The summed E-state index contributed by atoms with van der Waals surface area (Å²) in [4.78, 5) is 14.9. The quantitative estimate of drug-likeness (QED) is 0.805. The lowest BCUT2D eigenvalue weighted by molar-refractivity contribution is 0.185. The van der Waals surface area contributed by atoms with E-state index in [9.17, 15) is 4.79 Å². The highest BCUT2D eigenvalue weighted by Crippen LogP contribution is 2.29. The molecule has 0 radical (unpaired) electrons. The van der Waals surface area contributed by atoms with Crippen molar-refractivity contribution >= 4 is 23.5 Å². The first-order valence-corrected chi connectivity index (χ1v) is 7.30. The van der Waals surface area contributed by atoms with Gasteiger partial charge >= 0.3 is 6.03 Å². The average molecular weight is 266 g/mol. The number of hydrogen-bond acceptors (Lipinski definition) is 3. The molecule has 0 atom stereocenters. The van der Waals surface area contributed by atoms with Gasteiger partial charge in [-0.1, -0.05) is 12.1 Å². The molecule has 1 aromatic carbocycles. The van der Waals surface area contributed by atoms with Crippen molar-refractivity contribution in [1.82, 2.24) is 4.90 Å². The van der Waals surface area contributed by atoms with Crippen molar-refractivity contribution in [3.63, 3.8) is 0 Å². The van der Waals surface area contributed by atoms with Crippen molar-refractivity contribution in [2.24, 2.45) is 0 Å². The van der Waals surface area contributed by atoms with E-state index >= 15 is 0 Å². The lowest BCUT2D eigenvalue weighted by atomic mass is 10.3. The largest absolute Gasteiger partial charge is 0.395 e. The second kappa shape index (κ2) is 6.11. The van der Waals surface area contributed by atoms with Gasteiger partial charge in [-0.05, 0) is 31.2 Å². The summed E-state index contributed by atoms with van der Waals surface area (Å²) in [5.41, 5.74) is 0.832. The number of thioether (sulfide) groups is 1. The minimum Gasteiger partial charge on any atom is -0.395 e. The number of rotatable bonds is 5. The maximum absolute atomic E-state index is 12.1. The van der Waals surface area contributed by atoms with Crippen LogP contribution in [0.25, 0.3) is 0 Å². The molecule has 98 valence electrons. The van der Waals surface area contributed by atoms with E-state index in [0.717, 1.165) is 23.4 Å². The van der Waals surface area contributed by atoms with Crippen molar-refractivity contribution in [1.29, 1.82) is 0 Å². The zero-order chi connectivity index (χ0) is 13.0. The van der Waals surface area contributed by atoms with Gasteiger partial charge < -0.3 is 15.3 Å². The van der Waals surface area contributed by atoms with Gasteiger partial charge in [0.25, 0.3) is 0 Å². The smallest absolute Gasteiger partial charge is 0.322 e. The van der Waals surface area contributed by atoms with Gasteiger partial charge in [0.2, 0.25) is 0 Å². The van der Waals surface area contributed by atoms with Crippen LogP contribution in [0, 0.1) is 0 Å². The minimum atomic E-state index is -0.118. The number of carbonyl (C=O) groups excluding carboxylic acids is 1. The van der Waals surface area contributed by atoms with Gasteiger partial charge in [-0.2, -0.15) is 0 Å². The third-order valence-corrected chi connectivity index (χ3v) is 3.73. The lowest BCUT2D eigenvalue weighted by Gasteiger charge is -2.22. The fourth-order valence-corrected chi connectivity index (χ4v) is 2.43. The second-order valence-electron chi connectivity index (χ2n) is 4.28. The van der Waals surface area contributed by atoms with Crippen LogP contribution in [0.3, 0.4) is 0 Å². The van der Waals surface area contributed by atoms with Gasteiger partial charge in [0, 0.05) is 17.5 Å². The average Bonchev–Trinajstić information content (AvgIpc) is 3.20. The Morgan fingerprint density at radius 1 is 1.50 bits per heavy atom.